The Hall–Kier alpha value is -4.88. The van der Waals surface area contributed by atoms with Crippen LogP contribution in [-0.4, -0.2) is 0 Å². The summed E-state index contributed by atoms with van der Waals surface area (Å²) in [5.74, 6) is 0. The zero-order chi connectivity index (χ0) is 26.8. The largest absolute Gasteiger partial charge is 0.310 e. The Bertz CT molecular complexity index is 1890. The summed E-state index contributed by atoms with van der Waals surface area (Å²) in [7, 11) is 0. The average molecular weight is 512 g/mol. The second kappa shape index (κ2) is 8.56. The maximum atomic E-state index is 2.46. The molecular formula is C39H29N. The van der Waals surface area contributed by atoms with Crippen LogP contribution in [-0.2, 0) is 5.41 Å². The van der Waals surface area contributed by atoms with Gasteiger partial charge in [-0.05, 0) is 79.9 Å². The molecule has 2 aliphatic rings. The number of rotatable bonds is 1. The van der Waals surface area contributed by atoms with E-state index in [0.29, 0.717) is 0 Å². The predicted molar refractivity (Wildman–Crippen MR) is 169 cm³/mol. The summed E-state index contributed by atoms with van der Waals surface area (Å²) in [6, 6.07) is 51.3. The van der Waals surface area contributed by atoms with E-state index in [1.165, 1.54) is 72.7 Å². The first-order valence-electron chi connectivity index (χ1n) is 14.0. The fourth-order valence-corrected chi connectivity index (χ4v) is 6.93. The Labute approximate surface area is 236 Å². The van der Waals surface area contributed by atoms with Crippen LogP contribution < -0.4 is 4.90 Å². The molecule has 0 atom stereocenters. The summed E-state index contributed by atoms with van der Waals surface area (Å²) in [6.45, 7) is 4.68. The third-order valence-electron chi connectivity index (χ3n) is 8.84. The molecule has 1 heteroatoms. The van der Waals surface area contributed by atoms with Crippen LogP contribution in [0.1, 0.15) is 25.0 Å². The van der Waals surface area contributed by atoms with E-state index in [9.17, 15) is 0 Å². The van der Waals surface area contributed by atoms with Crippen LogP contribution in [0.5, 0.6) is 0 Å². The van der Waals surface area contributed by atoms with Gasteiger partial charge in [-0.15, -0.1) is 0 Å². The summed E-state index contributed by atoms with van der Waals surface area (Å²) in [4.78, 5) is 2.46. The lowest BCUT2D eigenvalue weighted by molar-refractivity contribution is 0.632. The van der Waals surface area contributed by atoms with Gasteiger partial charge in [0.15, 0.2) is 0 Å². The zero-order valence-electron chi connectivity index (χ0n) is 22.7. The van der Waals surface area contributed by atoms with Crippen LogP contribution in [0.25, 0.3) is 44.5 Å². The van der Waals surface area contributed by atoms with Gasteiger partial charge in [-0.2, -0.15) is 0 Å². The zero-order valence-corrected chi connectivity index (χ0v) is 22.7. The molecule has 0 spiro atoms. The van der Waals surface area contributed by atoms with E-state index in [4.69, 9.17) is 0 Å². The molecule has 0 amide bonds. The number of hydrogen-bond acceptors (Lipinski definition) is 1. The van der Waals surface area contributed by atoms with Gasteiger partial charge in [0.05, 0.1) is 11.4 Å². The average Bonchev–Trinajstić information content (AvgIpc) is 3.01. The Morgan fingerprint density at radius 2 is 0.725 bits per heavy atom. The topological polar surface area (TPSA) is 3.24 Å². The van der Waals surface area contributed by atoms with E-state index in [1.807, 2.05) is 0 Å². The highest BCUT2D eigenvalue weighted by molar-refractivity contribution is 6.04. The summed E-state index contributed by atoms with van der Waals surface area (Å²) in [5.41, 5.74) is 16.4. The highest BCUT2D eigenvalue weighted by Gasteiger charge is 2.36. The van der Waals surface area contributed by atoms with Gasteiger partial charge in [0.25, 0.3) is 0 Å². The quantitative estimate of drug-likeness (QED) is 0.212. The van der Waals surface area contributed by atoms with Crippen LogP contribution >= 0.6 is 0 Å². The third kappa shape index (κ3) is 3.21. The number of anilines is 3. The van der Waals surface area contributed by atoms with Crippen molar-refractivity contribution in [1.82, 2.24) is 0 Å². The molecular weight excluding hydrogens is 482 g/mol. The molecule has 6 aromatic carbocycles. The Balaban J connectivity index is 1.44. The molecule has 0 saturated heterocycles. The minimum atomic E-state index is -0.0808. The molecule has 0 radical (unpaired) electrons. The fourth-order valence-electron chi connectivity index (χ4n) is 6.93. The summed E-state index contributed by atoms with van der Waals surface area (Å²) >= 11 is 0. The van der Waals surface area contributed by atoms with E-state index in [-0.39, 0.29) is 5.41 Å². The van der Waals surface area contributed by atoms with Gasteiger partial charge >= 0.3 is 0 Å². The maximum absolute atomic E-state index is 2.46. The molecule has 6 aromatic rings. The molecule has 1 aliphatic carbocycles. The molecule has 1 heterocycles. The monoisotopic (exact) mass is 511 g/mol. The first-order chi connectivity index (χ1) is 19.6. The molecule has 8 rings (SSSR count). The number of nitrogens with zero attached hydrogens (tertiary/aromatic N) is 1. The van der Waals surface area contributed by atoms with Gasteiger partial charge in [0.1, 0.15) is 0 Å². The summed E-state index contributed by atoms with van der Waals surface area (Å²) < 4.78 is 0. The molecule has 1 nitrogen and oxygen atoms in total. The third-order valence-corrected chi connectivity index (χ3v) is 8.84. The van der Waals surface area contributed by atoms with Crippen molar-refractivity contribution in [3.05, 3.63) is 151 Å². The van der Waals surface area contributed by atoms with Crippen molar-refractivity contribution >= 4 is 17.1 Å². The molecule has 190 valence electrons. The Morgan fingerprint density at radius 3 is 1.18 bits per heavy atom. The second-order valence-corrected chi connectivity index (χ2v) is 11.4. The van der Waals surface area contributed by atoms with Crippen LogP contribution in [0, 0.1) is 0 Å². The molecule has 40 heavy (non-hydrogen) atoms. The van der Waals surface area contributed by atoms with Crippen molar-refractivity contribution in [1.29, 1.82) is 0 Å². The predicted octanol–water partition coefficient (Wildman–Crippen LogP) is 10.8. The highest BCUT2D eigenvalue weighted by Crippen LogP contribution is 2.54. The second-order valence-electron chi connectivity index (χ2n) is 11.4. The lowest BCUT2D eigenvalue weighted by Crippen LogP contribution is -2.30. The van der Waals surface area contributed by atoms with Crippen LogP contribution in [0.3, 0.4) is 0 Å². The standard InChI is InChI=1S/C39H29N/c1-39(2)35-19-9-11-21-37(35)40(38-22-12-10-20-36(38)39)26-23-24-33-31-17-6-5-15-29(31)27-13-3-4-14-28(27)30-16-7-8-18-32(30)34(33)25-26/h3-25H,1-2H3. The van der Waals surface area contributed by atoms with E-state index < -0.39 is 0 Å². The fraction of sp³-hybridized carbons (Fsp3) is 0.0769. The van der Waals surface area contributed by atoms with Gasteiger partial charge in [-0.25, -0.2) is 0 Å². The van der Waals surface area contributed by atoms with Crippen molar-refractivity contribution in [2.75, 3.05) is 4.90 Å². The van der Waals surface area contributed by atoms with Gasteiger partial charge in [0, 0.05) is 11.1 Å². The van der Waals surface area contributed by atoms with Gasteiger partial charge in [0.2, 0.25) is 0 Å². The highest BCUT2D eigenvalue weighted by atomic mass is 15.2. The number of benzene rings is 6. The van der Waals surface area contributed by atoms with E-state index in [1.54, 1.807) is 0 Å². The first-order valence-corrected chi connectivity index (χ1v) is 14.0. The van der Waals surface area contributed by atoms with Gasteiger partial charge < -0.3 is 4.90 Å². The van der Waals surface area contributed by atoms with Crippen molar-refractivity contribution in [2.24, 2.45) is 0 Å². The molecule has 0 saturated carbocycles. The number of fused-ring (bicyclic) bond motifs is 10. The van der Waals surface area contributed by atoms with Gasteiger partial charge in [-0.3, -0.25) is 0 Å². The van der Waals surface area contributed by atoms with E-state index >= 15 is 0 Å². The van der Waals surface area contributed by atoms with Crippen molar-refractivity contribution in [3.63, 3.8) is 0 Å². The summed E-state index contributed by atoms with van der Waals surface area (Å²) in [5, 5.41) is 0. The first kappa shape index (κ1) is 23.0. The minimum absolute atomic E-state index is 0.0808. The SMILES string of the molecule is CC1(C)c2ccccc2N(c2ccc3c(c2)-c2ccccc2-c2ccccc2-c2ccccc2-3)c2ccccc21. The van der Waals surface area contributed by atoms with Crippen molar-refractivity contribution in [2.45, 2.75) is 19.3 Å². The lowest BCUT2D eigenvalue weighted by atomic mass is 9.73. The van der Waals surface area contributed by atoms with Crippen molar-refractivity contribution in [3.8, 4) is 44.5 Å². The maximum Gasteiger partial charge on any atom is 0.0502 e. The smallest absolute Gasteiger partial charge is 0.0502 e. The minimum Gasteiger partial charge on any atom is -0.310 e. The Kier molecular flexibility index (Phi) is 4.93. The van der Waals surface area contributed by atoms with Crippen molar-refractivity contribution < 1.29 is 0 Å². The molecule has 0 unspecified atom stereocenters. The molecule has 0 N–H and O–H groups in total. The van der Waals surface area contributed by atoms with E-state index in [2.05, 4.69) is 158 Å². The summed E-state index contributed by atoms with van der Waals surface area (Å²) in [6.07, 6.45) is 0. The van der Waals surface area contributed by atoms with E-state index in [0.717, 1.165) is 0 Å². The molecule has 0 aromatic heterocycles. The molecule has 1 aliphatic heterocycles. The Morgan fingerprint density at radius 1 is 0.375 bits per heavy atom. The lowest BCUT2D eigenvalue weighted by Gasteiger charge is -2.42. The van der Waals surface area contributed by atoms with Gasteiger partial charge in [-0.1, -0.05) is 129 Å². The molecule has 0 fully saturated rings. The molecule has 0 bridgehead atoms. The normalized spacial score (nSPS) is 13.9. The number of para-hydroxylation sites is 2. The number of hydrogen-bond donors (Lipinski definition) is 0. The van der Waals surface area contributed by atoms with Crippen LogP contribution in [0.2, 0.25) is 0 Å². The van der Waals surface area contributed by atoms with Crippen LogP contribution in [0.4, 0.5) is 17.1 Å². The van der Waals surface area contributed by atoms with Crippen LogP contribution in [0.15, 0.2) is 140 Å².